The van der Waals surface area contributed by atoms with Crippen LogP contribution in [-0.4, -0.2) is 31.8 Å². The fourth-order valence-electron chi connectivity index (χ4n) is 1.56. The second kappa shape index (κ2) is 6.55. The number of benzene rings is 1. The van der Waals surface area contributed by atoms with Crippen molar-refractivity contribution >= 4 is 31.8 Å². The van der Waals surface area contributed by atoms with Gasteiger partial charge in [-0.1, -0.05) is 0 Å². The summed E-state index contributed by atoms with van der Waals surface area (Å²) in [4.78, 5) is 21.4. The van der Waals surface area contributed by atoms with Gasteiger partial charge in [0.15, 0.2) is 0 Å². The molecule has 1 N–H and O–H groups in total. The third-order valence-corrected chi connectivity index (χ3v) is 5.29. The van der Waals surface area contributed by atoms with E-state index >= 15 is 0 Å². The number of carbonyl (C=O) groups is 1. The molecule has 1 aromatic carbocycles. The zero-order chi connectivity index (χ0) is 13.7. The molecule has 98 valence electrons. The number of nitro groups is 1. The molecular weight excluding hydrogens is 297 g/mol. The number of nitrogens with zero attached hydrogens (tertiary/aromatic N) is 1. The Morgan fingerprint density at radius 1 is 1.50 bits per heavy atom. The quantitative estimate of drug-likeness (QED) is 0.493. The Balaban J connectivity index is 3.00. The van der Waals surface area contributed by atoms with Crippen LogP contribution in [0.2, 0.25) is 5.21 Å². The molecule has 0 aromatic heterocycles. The fourth-order valence-corrected chi connectivity index (χ4v) is 4.95. The van der Waals surface area contributed by atoms with Gasteiger partial charge < -0.3 is 0 Å². The topological polar surface area (TPSA) is 80.4 Å². The summed E-state index contributed by atoms with van der Waals surface area (Å²) in [5, 5.41) is 20.9. The molecule has 1 unspecified atom stereocenters. The number of carboxylic acids is 1. The van der Waals surface area contributed by atoms with Crippen LogP contribution >= 0.6 is 0 Å². The van der Waals surface area contributed by atoms with Crippen molar-refractivity contribution in [3.8, 4) is 0 Å². The Bertz CT molecular complexity index is 459. The maximum atomic E-state index is 11.2. The fraction of sp³-hybridized carbons (Fsp3) is 0.417. The average molecular weight is 313 g/mol. The van der Waals surface area contributed by atoms with E-state index in [1.54, 1.807) is 12.1 Å². The molecule has 0 fully saturated rings. The standard InChI is InChI=1S/C12H16AsNO4/c1-8(2)6-7-13-9-4-3-5-10(14(17)18)11(9)12(15)16/h3-5,8,13H,6-7H2,1-2H3,(H,15,16). The van der Waals surface area contributed by atoms with Gasteiger partial charge in [-0.3, -0.25) is 0 Å². The zero-order valence-corrected chi connectivity index (χ0v) is 12.4. The van der Waals surface area contributed by atoms with Gasteiger partial charge in [-0.25, -0.2) is 0 Å². The SMILES string of the molecule is CC(C)CC[AsH]c1cccc([N+](=O)[O-])c1C(=O)O. The van der Waals surface area contributed by atoms with E-state index in [0.717, 1.165) is 11.6 Å². The summed E-state index contributed by atoms with van der Waals surface area (Å²) in [5.41, 5.74) is -0.417. The minimum absolute atomic E-state index is 0.119. The number of nitro benzene ring substituents is 1. The molecule has 0 amide bonds. The summed E-state index contributed by atoms with van der Waals surface area (Å²) in [6, 6.07) is 4.52. The second-order valence-corrected chi connectivity index (χ2v) is 7.29. The van der Waals surface area contributed by atoms with E-state index in [2.05, 4.69) is 13.8 Å². The molecule has 0 radical (unpaired) electrons. The Morgan fingerprint density at radius 2 is 2.17 bits per heavy atom. The van der Waals surface area contributed by atoms with Crippen LogP contribution in [-0.2, 0) is 0 Å². The van der Waals surface area contributed by atoms with Crippen LogP contribution in [0.15, 0.2) is 18.2 Å². The molecule has 1 rings (SSSR count). The van der Waals surface area contributed by atoms with Crippen molar-refractivity contribution in [2.75, 3.05) is 0 Å². The first-order valence-electron chi connectivity index (χ1n) is 5.68. The van der Waals surface area contributed by atoms with Gasteiger partial charge in [0.2, 0.25) is 0 Å². The molecule has 1 atom stereocenters. The number of carboxylic acid groups (broad SMARTS) is 1. The molecular formula is C12H16AsNO4. The molecule has 5 nitrogen and oxygen atoms in total. The van der Waals surface area contributed by atoms with E-state index < -0.39 is 26.6 Å². The Morgan fingerprint density at radius 3 is 2.67 bits per heavy atom. The van der Waals surface area contributed by atoms with Crippen LogP contribution in [0.3, 0.4) is 0 Å². The van der Waals surface area contributed by atoms with Crippen molar-refractivity contribution < 1.29 is 14.8 Å². The van der Waals surface area contributed by atoms with Crippen LogP contribution in [0.4, 0.5) is 5.69 Å². The van der Waals surface area contributed by atoms with Crippen molar-refractivity contribution in [2.24, 2.45) is 5.92 Å². The van der Waals surface area contributed by atoms with E-state index in [-0.39, 0.29) is 11.3 Å². The normalized spacial score (nSPS) is 11.3. The summed E-state index contributed by atoms with van der Waals surface area (Å²) < 4.78 is 0.664. The van der Waals surface area contributed by atoms with Crippen molar-refractivity contribution in [1.82, 2.24) is 0 Å². The molecule has 0 aliphatic heterocycles. The van der Waals surface area contributed by atoms with Crippen LogP contribution in [0.25, 0.3) is 0 Å². The third-order valence-electron chi connectivity index (χ3n) is 2.49. The van der Waals surface area contributed by atoms with Crippen molar-refractivity contribution in [2.45, 2.75) is 25.5 Å². The Hall–Kier alpha value is -1.35. The first-order chi connectivity index (χ1) is 8.43. The molecule has 1 aromatic rings. The monoisotopic (exact) mass is 313 g/mol. The molecule has 18 heavy (non-hydrogen) atoms. The molecule has 6 heteroatoms. The predicted molar refractivity (Wildman–Crippen MR) is 71.1 cm³/mol. The van der Waals surface area contributed by atoms with Gasteiger partial charge >= 0.3 is 112 Å². The average Bonchev–Trinajstić information content (AvgIpc) is 2.27. The van der Waals surface area contributed by atoms with Gasteiger partial charge in [0.05, 0.1) is 0 Å². The Kier molecular flexibility index (Phi) is 5.35. The van der Waals surface area contributed by atoms with Gasteiger partial charge in [0.25, 0.3) is 0 Å². The number of hydrogen-bond acceptors (Lipinski definition) is 3. The maximum absolute atomic E-state index is 11.2. The zero-order valence-electron chi connectivity index (χ0n) is 10.3. The first kappa shape index (κ1) is 14.7. The number of hydrogen-bond donors (Lipinski definition) is 1. The first-order valence-corrected chi connectivity index (χ1v) is 8.21. The Labute approximate surface area is 112 Å². The van der Waals surface area contributed by atoms with Gasteiger partial charge in [-0.15, -0.1) is 0 Å². The predicted octanol–water partition coefficient (Wildman–Crippen LogP) is 1.82. The van der Waals surface area contributed by atoms with Gasteiger partial charge in [0, 0.05) is 0 Å². The molecule has 0 heterocycles. The van der Waals surface area contributed by atoms with E-state index in [4.69, 9.17) is 5.11 Å². The second-order valence-electron chi connectivity index (χ2n) is 4.37. The summed E-state index contributed by atoms with van der Waals surface area (Å²) in [6.07, 6.45) is 1.03. The molecule has 0 spiro atoms. The van der Waals surface area contributed by atoms with Crippen molar-refractivity contribution in [3.05, 3.63) is 33.9 Å². The van der Waals surface area contributed by atoms with Crippen LogP contribution in [0.1, 0.15) is 30.6 Å². The summed E-state index contributed by atoms with van der Waals surface area (Å²) in [7, 11) is 0. The summed E-state index contributed by atoms with van der Waals surface area (Å²) in [6.45, 7) is 4.22. The van der Waals surface area contributed by atoms with Gasteiger partial charge in [0.1, 0.15) is 0 Å². The molecule has 0 aliphatic rings. The van der Waals surface area contributed by atoms with E-state index in [9.17, 15) is 14.9 Å². The third kappa shape index (κ3) is 3.84. The minimum atomic E-state index is -1.20. The van der Waals surface area contributed by atoms with Crippen LogP contribution in [0, 0.1) is 16.0 Å². The van der Waals surface area contributed by atoms with Gasteiger partial charge in [-0.05, 0) is 0 Å². The molecule has 0 saturated carbocycles. The van der Waals surface area contributed by atoms with Crippen LogP contribution in [0.5, 0.6) is 0 Å². The molecule has 0 saturated heterocycles. The van der Waals surface area contributed by atoms with Crippen molar-refractivity contribution in [3.63, 3.8) is 0 Å². The number of aromatic carboxylic acids is 1. The van der Waals surface area contributed by atoms with Crippen LogP contribution < -0.4 is 4.35 Å². The van der Waals surface area contributed by atoms with Crippen molar-refractivity contribution in [1.29, 1.82) is 0 Å². The summed E-state index contributed by atoms with van der Waals surface area (Å²) >= 11 is -0.632. The van der Waals surface area contributed by atoms with E-state index in [0.29, 0.717) is 10.3 Å². The van der Waals surface area contributed by atoms with E-state index in [1.165, 1.54) is 6.07 Å². The molecule has 0 bridgehead atoms. The summed E-state index contributed by atoms with van der Waals surface area (Å²) in [5.74, 6) is -0.633. The number of rotatable bonds is 6. The van der Waals surface area contributed by atoms with Gasteiger partial charge in [-0.2, -0.15) is 0 Å². The molecule has 0 aliphatic carbocycles. The van der Waals surface area contributed by atoms with E-state index in [1.807, 2.05) is 0 Å².